The highest BCUT2D eigenvalue weighted by molar-refractivity contribution is 7.89. The van der Waals surface area contributed by atoms with Crippen LogP contribution in [0.4, 0.5) is 5.82 Å². The molecule has 6 heteroatoms. The molecule has 19 heavy (non-hydrogen) atoms. The number of rotatable bonds is 8. The van der Waals surface area contributed by atoms with E-state index in [4.69, 9.17) is 0 Å². The van der Waals surface area contributed by atoms with Gasteiger partial charge in [0.1, 0.15) is 10.7 Å². The molecule has 2 N–H and O–H groups in total. The van der Waals surface area contributed by atoms with Gasteiger partial charge >= 0.3 is 0 Å². The molecular weight excluding hydrogens is 262 g/mol. The number of hydrogen-bond acceptors (Lipinski definition) is 4. The molecule has 1 heterocycles. The fourth-order valence-electron chi connectivity index (χ4n) is 1.79. The summed E-state index contributed by atoms with van der Waals surface area (Å²) in [6, 6.07) is 3.20. The molecule has 0 radical (unpaired) electrons. The van der Waals surface area contributed by atoms with E-state index in [9.17, 15) is 8.42 Å². The van der Waals surface area contributed by atoms with Crippen LogP contribution in [0.5, 0.6) is 0 Å². The van der Waals surface area contributed by atoms with E-state index in [0.717, 1.165) is 12.8 Å². The van der Waals surface area contributed by atoms with Crippen molar-refractivity contribution in [1.82, 2.24) is 9.71 Å². The number of nitrogens with one attached hydrogen (secondary N) is 2. The van der Waals surface area contributed by atoms with Crippen molar-refractivity contribution < 1.29 is 8.42 Å². The number of sulfonamides is 1. The minimum atomic E-state index is -3.50. The van der Waals surface area contributed by atoms with Gasteiger partial charge in [0, 0.05) is 19.3 Å². The Balaban J connectivity index is 2.88. The normalized spacial score (nSPS) is 11.8. The molecule has 108 valence electrons. The molecule has 5 nitrogen and oxygen atoms in total. The maximum absolute atomic E-state index is 12.3. The van der Waals surface area contributed by atoms with E-state index in [1.807, 2.05) is 6.92 Å². The zero-order valence-corrected chi connectivity index (χ0v) is 12.6. The van der Waals surface area contributed by atoms with Crippen molar-refractivity contribution >= 4 is 15.8 Å². The van der Waals surface area contributed by atoms with Gasteiger partial charge in [-0.25, -0.2) is 18.1 Å². The van der Waals surface area contributed by atoms with Crippen LogP contribution in [0.3, 0.4) is 0 Å². The summed E-state index contributed by atoms with van der Waals surface area (Å²) in [4.78, 5) is 4.28. The molecule has 0 saturated carbocycles. The van der Waals surface area contributed by atoms with Crippen LogP contribution in [-0.2, 0) is 10.0 Å². The molecule has 0 unspecified atom stereocenters. The Morgan fingerprint density at radius 3 is 2.53 bits per heavy atom. The van der Waals surface area contributed by atoms with Gasteiger partial charge in [-0.3, -0.25) is 0 Å². The average Bonchev–Trinajstić information content (AvgIpc) is 2.41. The molecule has 0 saturated heterocycles. The fraction of sp³-hybridized carbons (Fsp3) is 0.615. The number of anilines is 1. The zero-order valence-electron chi connectivity index (χ0n) is 11.8. The molecular formula is C13H23N3O2S. The summed E-state index contributed by atoms with van der Waals surface area (Å²) in [6.45, 7) is 7.14. The monoisotopic (exact) mass is 285 g/mol. The molecule has 0 aliphatic rings. The Kier molecular flexibility index (Phi) is 6.24. The van der Waals surface area contributed by atoms with Gasteiger partial charge in [-0.2, -0.15) is 0 Å². The summed E-state index contributed by atoms with van der Waals surface area (Å²) in [5.41, 5.74) is 0. The minimum Gasteiger partial charge on any atom is -0.369 e. The summed E-state index contributed by atoms with van der Waals surface area (Å²) in [6.07, 6.45) is 3.51. The van der Waals surface area contributed by atoms with Gasteiger partial charge in [-0.15, -0.1) is 0 Å². The molecule has 0 spiro atoms. The van der Waals surface area contributed by atoms with Crippen LogP contribution < -0.4 is 10.0 Å². The molecule has 0 atom stereocenters. The van der Waals surface area contributed by atoms with E-state index >= 15 is 0 Å². The number of aromatic nitrogens is 1. The molecule has 1 aromatic heterocycles. The van der Waals surface area contributed by atoms with Gasteiger partial charge < -0.3 is 5.32 Å². The molecule has 0 fully saturated rings. The maximum atomic E-state index is 12.3. The topological polar surface area (TPSA) is 71.1 Å². The van der Waals surface area contributed by atoms with Crippen LogP contribution in [0.2, 0.25) is 0 Å². The van der Waals surface area contributed by atoms with Crippen molar-refractivity contribution in [1.29, 1.82) is 0 Å². The third kappa shape index (κ3) is 4.47. The highest BCUT2D eigenvalue weighted by atomic mass is 32.2. The highest BCUT2D eigenvalue weighted by Gasteiger charge is 2.19. The SMILES string of the molecule is CCNc1ncccc1S(=O)(=O)NCC(CC)CC. The van der Waals surface area contributed by atoms with Crippen LogP contribution in [0.25, 0.3) is 0 Å². The molecule has 1 rings (SSSR count). The third-order valence-electron chi connectivity index (χ3n) is 3.12. The Morgan fingerprint density at radius 1 is 1.26 bits per heavy atom. The van der Waals surface area contributed by atoms with Crippen molar-refractivity contribution in [3.05, 3.63) is 18.3 Å². The number of hydrogen-bond donors (Lipinski definition) is 2. The second kappa shape index (κ2) is 7.45. The van der Waals surface area contributed by atoms with Crippen molar-refractivity contribution in [3.8, 4) is 0 Å². The molecule has 0 amide bonds. The molecule has 0 bridgehead atoms. The first-order valence-corrected chi connectivity index (χ1v) is 8.22. The lowest BCUT2D eigenvalue weighted by Crippen LogP contribution is -2.29. The zero-order chi connectivity index (χ0) is 14.3. The lowest BCUT2D eigenvalue weighted by atomic mass is 10.0. The first kappa shape index (κ1) is 15.9. The van der Waals surface area contributed by atoms with Crippen LogP contribution in [0.1, 0.15) is 33.6 Å². The Bertz CT molecular complexity index is 484. The summed E-state index contributed by atoms with van der Waals surface area (Å²) in [5.74, 6) is 0.774. The van der Waals surface area contributed by atoms with Gasteiger partial charge in [0.2, 0.25) is 10.0 Å². The Morgan fingerprint density at radius 2 is 1.95 bits per heavy atom. The van der Waals surface area contributed by atoms with Crippen LogP contribution in [0.15, 0.2) is 23.2 Å². The lowest BCUT2D eigenvalue weighted by Gasteiger charge is -2.15. The van der Waals surface area contributed by atoms with Crippen molar-refractivity contribution in [2.24, 2.45) is 5.92 Å². The molecule has 0 aliphatic heterocycles. The Labute approximate surface area is 115 Å². The first-order valence-electron chi connectivity index (χ1n) is 6.73. The summed E-state index contributed by atoms with van der Waals surface area (Å²) < 4.78 is 27.2. The highest BCUT2D eigenvalue weighted by Crippen LogP contribution is 2.18. The summed E-state index contributed by atoms with van der Waals surface area (Å²) in [5, 5.41) is 2.97. The lowest BCUT2D eigenvalue weighted by molar-refractivity contribution is 0.479. The van der Waals surface area contributed by atoms with Gasteiger partial charge in [-0.1, -0.05) is 26.7 Å². The predicted octanol–water partition coefficient (Wildman–Crippen LogP) is 2.23. The van der Waals surface area contributed by atoms with Gasteiger partial charge in [0.15, 0.2) is 0 Å². The average molecular weight is 285 g/mol. The molecule has 1 aromatic rings. The number of pyridine rings is 1. The number of nitrogens with zero attached hydrogens (tertiary/aromatic N) is 1. The van der Waals surface area contributed by atoms with Crippen molar-refractivity contribution in [2.75, 3.05) is 18.4 Å². The van der Waals surface area contributed by atoms with Crippen LogP contribution >= 0.6 is 0 Å². The molecule has 0 aromatic carbocycles. The van der Waals surface area contributed by atoms with E-state index in [1.165, 1.54) is 0 Å². The fourth-order valence-corrected chi connectivity index (χ4v) is 3.04. The van der Waals surface area contributed by atoms with E-state index in [2.05, 4.69) is 28.9 Å². The second-order valence-corrected chi connectivity index (χ2v) is 6.15. The predicted molar refractivity (Wildman–Crippen MR) is 77.7 cm³/mol. The summed E-state index contributed by atoms with van der Waals surface area (Å²) >= 11 is 0. The van der Waals surface area contributed by atoms with E-state index in [-0.39, 0.29) is 4.90 Å². The van der Waals surface area contributed by atoms with Crippen molar-refractivity contribution in [2.45, 2.75) is 38.5 Å². The quantitative estimate of drug-likeness (QED) is 0.768. The second-order valence-electron chi connectivity index (χ2n) is 4.41. The van der Waals surface area contributed by atoms with Gasteiger partial charge in [-0.05, 0) is 25.0 Å². The van der Waals surface area contributed by atoms with Gasteiger partial charge in [0.05, 0.1) is 0 Å². The van der Waals surface area contributed by atoms with Gasteiger partial charge in [0.25, 0.3) is 0 Å². The minimum absolute atomic E-state index is 0.211. The maximum Gasteiger partial charge on any atom is 0.244 e. The first-order chi connectivity index (χ1) is 9.05. The largest absolute Gasteiger partial charge is 0.369 e. The van der Waals surface area contributed by atoms with E-state index in [1.54, 1.807) is 18.3 Å². The standard InChI is InChI=1S/C13H23N3O2S/c1-4-11(5-2)10-16-19(17,18)12-8-7-9-15-13(12)14-6-3/h7-9,11,16H,4-6,10H2,1-3H3,(H,14,15). The molecule has 0 aliphatic carbocycles. The summed E-state index contributed by atoms with van der Waals surface area (Å²) in [7, 11) is -3.50. The Hall–Kier alpha value is -1.14. The van der Waals surface area contributed by atoms with E-state index in [0.29, 0.717) is 24.8 Å². The van der Waals surface area contributed by atoms with Crippen LogP contribution in [0, 0.1) is 5.92 Å². The van der Waals surface area contributed by atoms with E-state index < -0.39 is 10.0 Å². The van der Waals surface area contributed by atoms with Crippen LogP contribution in [-0.4, -0.2) is 26.5 Å². The third-order valence-corrected chi connectivity index (χ3v) is 4.58. The van der Waals surface area contributed by atoms with Crippen molar-refractivity contribution in [3.63, 3.8) is 0 Å². The smallest absolute Gasteiger partial charge is 0.244 e.